The van der Waals surface area contributed by atoms with Crippen molar-refractivity contribution in [2.45, 2.75) is 64.0 Å². The average Bonchev–Trinajstić information content (AvgIpc) is 2.52. The summed E-state index contributed by atoms with van der Waals surface area (Å²) in [7, 11) is 2.22. The van der Waals surface area contributed by atoms with Gasteiger partial charge in [-0.15, -0.1) is 0 Å². The van der Waals surface area contributed by atoms with Crippen LogP contribution in [0.25, 0.3) is 0 Å². The maximum Gasteiger partial charge on any atom is 0.0136 e. The minimum absolute atomic E-state index is 0.650. The SMILES string of the molecule is CC(C)N(C)CCCNC1CCCCC1c1ccccc1. The predicted molar refractivity (Wildman–Crippen MR) is 91.8 cm³/mol. The van der Waals surface area contributed by atoms with Crippen molar-refractivity contribution < 1.29 is 0 Å². The molecule has 0 heterocycles. The van der Waals surface area contributed by atoms with Gasteiger partial charge >= 0.3 is 0 Å². The normalized spacial score (nSPS) is 22.9. The Hall–Kier alpha value is -0.860. The van der Waals surface area contributed by atoms with Crippen molar-refractivity contribution in [3.05, 3.63) is 35.9 Å². The summed E-state index contributed by atoms with van der Waals surface area (Å²) in [6, 6.07) is 12.4. The molecule has 0 bridgehead atoms. The molecule has 2 heteroatoms. The number of nitrogens with one attached hydrogen (secondary N) is 1. The smallest absolute Gasteiger partial charge is 0.0136 e. The highest BCUT2D eigenvalue weighted by atomic mass is 15.1. The van der Waals surface area contributed by atoms with E-state index in [1.807, 2.05) is 0 Å². The van der Waals surface area contributed by atoms with E-state index < -0.39 is 0 Å². The highest BCUT2D eigenvalue weighted by Crippen LogP contribution is 2.32. The summed E-state index contributed by atoms with van der Waals surface area (Å²) in [4.78, 5) is 2.43. The van der Waals surface area contributed by atoms with Gasteiger partial charge in [0.05, 0.1) is 0 Å². The summed E-state index contributed by atoms with van der Waals surface area (Å²) in [5.74, 6) is 0.711. The second-order valence-corrected chi connectivity index (χ2v) is 6.79. The third-order valence-electron chi connectivity index (χ3n) is 4.97. The number of benzene rings is 1. The average molecular weight is 288 g/mol. The molecular formula is C19H32N2. The van der Waals surface area contributed by atoms with Gasteiger partial charge < -0.3 is 10.2 Å². The molecule has 0 radical (unpaired) electrons. The van der Waals surface area contributed by atoms with Crippen LogP contribution in [-0.4, -0.2) is 37.1 Å². The fourth-order valence-corrected chi connectivity index (χ4v) is 3.35. The highest BCUT2D eigenvalue weighted by molar-refractivity contribution is 5.21. The van der Waals surface area contributed by atoms with Crippen molar-refractivity contribution >= 4 is 0 Å². The highest BCUT2D eigenvalue weighted by Gasteiger charge is 2.25. The monoisotopic (exact) mass is 288 g/mol. The van der Waals surface area contributed by atoms with Gasteiger partial charge in [-0.2, -0.15) is 0 Å². The van der Waals surface area contributed by atoms with Gasteiger partial charge in [0, 0.05) is 12.1 Å². The van der Waals surface area contributed by atoms with Crippen molar-refractivity contribution in [1.82, 2.24) is 10.2 Å². The van der Waals surface area contributed by atoms with E-state index in [1.165, 1.54) is 44.2 Å². The van der Waals surface area contributed by atoms with Crippen LogP contribution < -0.4 is 5.32 Å². The molecule has 1 aromatic carbocycles. The predicted octanol–water partition coefficient (Wildman–Crippen LogP) is 4.03. The lowest BCUT2D eigenvalue weighted by molar-refractivity contribution is 0.261. The van der Waals surface area contributed by atoms with Crippen LogP contribution in [0.2, 0.25) is 0 Å². The van der Waals surface area contributed by atoms with Crippen molar-refractivity contribution in [1.29, 1.82) is 0 Å². The van der Waals surface area contributed by atoms with Gasteiger partial charge in [0.2, 0.25) is 0 Å². The van der Waals surface area contributed by atoms with Crippen molar-refractivity contribution in [3.63, 3.8) is 0 Å². The summed E-state index contributed by atoms with van der Waals surface area (Å²) < 4.78 is 0. The van der Waals surface area contributed by atoms with E-state index in [1.54, 1.807) is 0 Å². The maximum absolute atomic E-state index is 3.84. The van der Waals surface area contributed by atoms with E-state index in [9.17, 15) is 0 Å². The van der Waals surface area contributed by atoms with Crippen LogP contribution >= 0.6 is 0 Å². The topological polar surface area (TPSA) is 15.3 Å². The maximum atomic E-state index is 3.84. The van der Waals surface area contributed by atoms with Gasteiger partial charge in [-0.05, 0) is 64.7 Å². The van der Waals surface area contributed by atoms with Gasteiger partial charge in [-0.25, -0.2) is 0 Å². The first-order chi connectivity index (χ1) is 10.2. The summed E-state index contributed by atoms with van der Waals surface area (Å²) in [6.45, 7) is 6.86. The lowest BCUT2D eigenvalue weighted by Crippen LogP contribution is -2.39. The quantitative estimate of drug-likeness (QED) is 0.762. The molecule has 0 saturated heterocycles. The van der Waals surface area contributed by atoms with E-state index in [-0.39, 0.29) is 0 Å². The van der Waals surface area contributed by atoms with E-state index in [4.69, 9.17) is 0 Å². The molecule has 2 unspecified atom stereocenters. The molecule has 1 aromatic rings. The largest absolute Gasteiger partial charge is 0.313 e. The Labute approximate surface area is 130 Å². The molecule has 2 nitrogen and oxygen atoms in total. The van der Waals surface area contributed by atoms with E-state index >= 15 is 0 Å². The molecule has 2 atom stereocenters. The van der Waals surface area contributed by atoms with Crippen LogP contribution in [-0.2, 0) is 0 Å². The van der Waals surface area contributed by atoms with Crippen LogP contribution in [0.4, 0.5) is 0 Å². The van der Waals surface area contributed by atoms with Gasteiger partial charge in [-0.1, -0.05) is 43.2 Å². The molecule has 1 aliphatic carbocycles. The first kappa shape index (κ1) is 16.5. The van der Waals surface area contributed by atoms with Gasteiger partial charge in [0.15, 0.2) is 0 Å². The minimum atomic E-state index is 0.650. The molecule has 0 aliphatic heterocycles. The van der Waals surface area contributed by atoms with Gasteiger partial charge in [0.25, 0.3) is 0 Å². The van der Waals surface area contributed by atoms with Crippen molar-refractivity contribution in [2.75, 3.05) is 20.1 Å². The van der Waals surface area contributed by atoms with Crippen LogP contribution in [0.3, 0.4) is 0 Å². The number of hydrogen-bond acceptors (Lipinski definition) is 2. The van der Waals surface area contributed by atoms with Crippen LogP contribution in [0.15, 0.2) is 30.3 Å². The third-order valence-corrected chi connectivity index (χ3v) is 4.97. The van der Waals surface area contributed by atoms with Gasteiger partial charge in [-0.3, -0.25) is 0 Å². The Bertz CT molecular complexity index is 388. The third kappa shape index (κ3) is 5.12. The Kier molecular flexibility index (Phi) is 6.72. The zero-order valence-corrected chi connectivity index (χ0v) is 14.0. The molecule has 1 fully saturated rings. The zero-order chi connectivity index (χ0) is 15.1. The van der Waals surface area contributed by atoms with Crippen molar-refractivity contribution in [2.24, 2.45) is 0 Å². The van der Waals surface area contributed by atoms with E-state index in [0.717, 1.165) is 6.54 Å². The summed E-state index contributed by atoms with van der Waals surface area (Å²) in [5.41, 5.74) is 1.52. The molecule has 1 N–H and O–H groups in total. The molecular weight excluding hydrogens is 256 g/mol. The first-order valence-electron chi connectivity index (χ1n) is 8.67. The molecule has 118 valence electrons. The van der Waals surface area contributed by atoms with Crippen LogP contribution in [0, 0.1) is 0 Å². The first-order valence-corrected chi connectivity index (χ1v) is 8.67. The number of nitrogens with zero attached hydrogens (tertiary/aromatic N) is 1. The molecule has 0 aromatic heterocycles. The van der Waals surface area contributed by atoms with E-state index in [2.05, 4.69) is 61.4 Å². The summed E-state index contributed by atoms with van der Waals surface area (Å²) in [6.07, 6.45) is 6.68. The number of hydrogen-bond donors (Lipinski definition) is 1. The summed E-state index contributed by atoms with van der Waals surface area (Å²) in [5, 5.41) is 3.84. The molecule has 2 rings (SSSR count). The molecule has 1 aliphatic rings. The second-order valence-electron chi connectivity index (χ2n) is 6.79. The molecule has 21 heavy (non-hydrogen) atoms. The fourth-order valence-electron chi connectivity index (χ4n) is 3.35. The second kappa shape index (κ2) is 8.55. The van der Waals surface area contributed by atoms with E-state index in [0.29, 0.717) is 18.0 Å². The van der Waals surface area contributed by atoms with Gasteiger partial charge in [0.1, 0.15) is 0 Å². The van der Waals surface area contributed by atoms with Crippen molar-refractivity contribution in [3.8, 4) is 0 Å². The Morgan fingerprint density at radius 1 is 1.14 bits per heavy atom. The number of rotatable bonds is 7. The fraction of sp³-hybridized carbons (Fsp3) is 0.684. The zero-order valence-electron chi connectivity index (χ0n) is 14.0. The molecule has 0 spiro atoms. The Morgan fingerprint density at radius 3 is 2.57 bits per heavy atom. The van der Waals surface area contributed by atoms with Crippen LogP contribution in [0.5, 0.6) is 0 Å². The molecule has 0 amide bonds. The minimum Gasteiger partial charge on any atom is -0.313 e. The lowest BCUT2D eigenvalue weighted by Gasteiger charge is -2.33. The van der Waals surface area contributed by atoms with Crippen LogP contribution in [0.1, 0.15) is 57.4 Å². The summed E-state index contributed by atoms with van der Waals surface area (Å²) >= 11 is 0. The Balaban J connectivity index is 1.80. The lowest BCUT2D eigenvalue weighted by atomic mass is 9.80. The Morgan fingerprint density at radius 2 is 1.86 bits per heavy atom. The standard InChI is InChI=1S/C19H32N2/c1-16(2)21(3)15-9-14-20-19-13-8-7-12-18(19)17-10-5-4-6-11-17/h4-6,10-11,16,18-20H,7-9,12-15H2,1-3H3. The molecule has 1 saturated carbocycles.